The number of ether oxygens (including phenoxy) is 1. The van der Waals surface area contributed by atoms with Crippen molar-refractivity contribution >= 4 is 10.0 Å². The van der Waals surface area contributed by atoms with E-state index in [1.165, 1.54) is 5.56 Å². The second kappa shape index (κ2) is 9.54. The maximum Gasteiger partial charge on any atom is 0.240 e. The van der Waals surface area contributed by atoms with Crippen molar-refractivity contribution in [2.75, 3.05) is 26.2 Å². The van der Waals surface area contributed by atoms with Crippen LogP contribution < -0.4 is 9.46 Å². The van der Waals surface area contributed by atoms with E-state index in [2.05, 4.69) is 23.5 Å². The zero-order chi connectivity index (χ0) is 20.0. The highest BCUT2D eigenvalue weighted by Crippen LogP contribution is 2.24. The minimum atomic E-state index is -3.51. The number of likely N-dealkylation sites (N-methyl/N-ethyl adjacent to an activating group) is 1. The highest BCUT2D eigenvalue weighted by molar-refractivity contribution is 7.89. The van der Waals surface area contributed by atoms with Crippen LogP contribution in [0.25, 0.3) is 0 Å². The van der Waals surface area contributed by atoms with Crippen molar-refractivity contribution in [2.24, 2.45) is 0 Å². The average molecular weight is 403 g/mol. The van der Waals surface area contributed by atoms with Crippen LogP contribution in [0.15, 0.2) is 47.4 Å². The van der Waals surface area contributed by atoms with Gasteiger partial charge < -0.3 is 9.64 Å². The van der Waals surface area contributed by atoms with Gasteiger partial charge in [-0.05, 0) is 73.3 Å². The topological polar surface area (TPSA) is 58.6 Å². The van der Waals surface area contributed by atoms with Crippen molar-refractivity contribution in [3.05, 3.63) is 59.2 Å². The fourth-order valence-electron chi connectivity index (χ4n) is 3.51. The van der Waals surface area contributed by atoms with Gasteiger partial charge in [-0.15, -0.1) is 0 Å². The summed E-state index contributed by atoms with van der Waals surface area (Å²) in [4.78, 5) is 2.66. The van der Waals surface area contributed by atoms with Gasteiger partial charge in [-0.25, -0.2) is 13.1 Å². The van der Waals surface area contributed by atoms with E-state index < -0.39 is 10.0 Å². The van der Waals surface area contributed by atoms with Crippen LogP contribution in [0.5, 0.6) is 5.75 Å². The summed E-state index contributed by atoms with van der Waals surface area (Å²) in [5, 5.41) is 0. The average Bonchev–Trinajstić information content (AvgIpc) is 3.18. The van der Waals surface area contributed by atoms with E-state index in [1.54, 1.807) is 6.07 Å². The number of nitrogens with zero attached hydrogens (tertiary/aromatic N) is 1. The summed E-state index contributed by atoms with van der Waals surface area (Å²) in [6.07, 6.45) is 3.12. The summed E-state index contributed by atoms with van der Waals surface area (Å²) >= 11 is 0. The summed E-state index contributed by atoms with van der Waals surface area (Å²) in [7, 11) is -3.51. The van der Waals surface area contributed by atoms with E-state index in [-0.39, 0.29) is 6.54 Å². The van der Waals surface area contributed by atoms with Crippen LogP contribution in [0.3, 0.4) is 0 Å². The van der Waals surface area contributed by atoms with E-state index in [9.17, 15) is 8.42 Å². The first-order valence-corrected chi connectivity index (χ1v) is 11.6. The van der Waals surface area contributed by atoms with Crippen LogP contribution >= 0.6 is 0 Å². The lowest BCUT2D eigenvalue weighted by molar-refractivity contribution is 0.223. The summed E-state index contributed by atoms with van der Waals surface area (Å²) in [6, 6.07) is 13.1. The Hall–Kier alpha value is -1.89. The second-order valence-corrected chi connectivity index (χ2v) is 8.89. The molecule has 0 aromatic heterocycles. The maximum atomic E-state index is 12.6. The Morgan fingerprint density at radius 3 is 2.43 bits per heavy atom. The molecule has 0 saturated carbocycles. The van der Waals surface area contributed by atoms with Crippen LogP contribution in [0, 0.1) is 0 Å². The lowest BCUT2D eigenvalue weighted by Crippen LogP contribution is -2.27. The first-order valence-electron chi connectivity index (χ1n) is 10.1. The van der Waals surface area contributed by atoms with Crippen molar-refractivity contribution in [1.29, 1.82) is 0 Å². The van der Waals surface area contributed by atoms with Gasteiger partial charge in [0, 0.05) is 13.1 Å². The van der Waals surface area contributed by atoms with Gasteiger partial charge in [-0.2, -0.15) is 0 Å². The van der Waals surface area contributed by atoms with Crippen LogP contribution in [0.2, 0.25) is 0 Å². The molecule has 152 valence electrons. The third kappa shape index (κ3) is 5.34. The van der Waals surface area contributed by atoms with Crippen molar-refractivity contribution in [2.45, 2.75) is 44.6 Å². The zero-order valence-corrected chi connectivity index (χ0v) is 17.6. The second-order valence-electron chi connectivity index (χ2n) is 7.13. The number of hydrogen-bond donors (Lipinski definition) is 1. The summed E-state index contributed by atoms with van der Waals surface area (Å²) in [5.41, 5.74) is 3.34. The minimum absolute atomic E-state index is 0.263. The number of fused-ring (bicyclic) bond motifs is 1. The van der Waals surface area contributed by atoms with Crippen molar-refractivity contribution in [3.63, 3.8) is 0 Å². The molecule has 0 fully saturated rings. The van der Waals surface area contributed by atoms with Crippen LogP contribution in [-0.2, 0) is 29.4 Å². The predicted molar refractivity (Wildman–Crippen MR) is 112 cm³/mol. The molecule has 28 heavy (non-hydrogen) atoms. The standard InChI is InChI=1S/C22H30N2O3S/c1-3-24(4-2)14-15-27-21-11-8-18(9-12-21)17-23-28(25,26)22-13-10-19-6-5-7-20(19)16-22/h8-13,16,23H,3-7,14-15,17H2,1-2H3. The number of benzene rings is 2. The predicted octanol–water partition coefficient (Wildman–Crippen LogP) is 3.37. The number of nitrogens with one attached hydrogen (secondary N) is 1. The Morgan fingerprint density at radius 2 is 1.71 bits per heavy atom. The van der Waals surface area contributed by atoms with Crippen molar-refractivity contribution in [3.8, 4) is 5.75 Å². The molecule has 0 atom stereocenters. The normalized spacial score (nSPS) is 13.7. The third-order valence-corrected chi connectivity index (χ3v) is 6.74. The Balaban J connectivity index is 1.53. The van der Waals surface area contributed by atoms with Crippen LogP contribution in [0.1, 0.15) is 37.0 Å². The largest absolute Gasteiger partial charge is 0.492 e. The number of rotatable bonds is 10. The minimum Gasteiger partial charge on any atom is -0.492 e. The van der Waals surface area contributed by atoms with Gasteiger partial charge in [-0.3, -0.25) is 0 Å². The number of aryl methyl sites for hydroxylation is 2. The van der Waals surface area contributed by atoms with E-state index in [0.29, 0.717) is 11.5 Å². The molecule has 0 amide bonds. The lowest BCUT2D eigenvalue weighted by atomic mass is 10.1. The molecule has 3 rings (SSSR count). The molecule has 0 unspecified atom stereocenters. The maximum absolute atomic E-state index is 12.6. The molecule has 0 heterocycles. The molecule has 0 radical (unpaired) electrons. The molecule has 0 spiro atoms. The van der Waals surface area contributed by atoms with Crippen LogP contribution in [0.4, 0.5) is 0 Å². The summed E-state index contributed by atoms with van der Waals surface area (Å²) in [6.45, 7) is 8.12. The number of hydrogen-bond acceptors (Lipinski definition) is 4. The first kappa shape index (κ1) is 20.8. The lowest BCUT2D eigenvalue weighted by Gasteiger charge is -2.18. The van der Waals surface area contributed by atoms with Crippen molar-refractivity contribution < 1.29 is 13.2 Å². The van der Waals surface area contributed by atoms with Gasteiger partial charge in [-0.1, -0.05) is 32.0 Å². The Kier molecular flexibility index (Phi) is 7.10. The molecule has 2 aromatic carbocycles. The highest BCUT2D eigenvalue weighted by Gasteiger charge is 2.18. The summed E-state index contributed by atoms with van der Waals surface area (Å²) in [5.74, 6) is 0.803. The molecule has 1 N–H and O–H groups in total. The molecule has 0 bridgehead atoms. The quantitative estimate of drug-likeness (QED) is 0.662. The fraction of sp³-hybridized carbons (Fsp3) is 0.455. The van der Waals surface area contributed by atoms with Gasteiger partial charge in [0.25, 0.3) is 0 Å². The van der Waals surface area contributed by atoms with E-state index in [0.717, 1.165) is 55.8 Å². The van der Waals surface area contributed by atoms with Gasteiger partial charge in [0.1, 0.15) is 12.4 Å². The zero-order valence-electron chi connectivity index (χ0n) is 16.8. The Bertz CT molecular complexity index is 875. The van der Waals surface area contributed by atoms with Gasteiger partial charge in [0.2, 0.25) is 10.0 Å². The number of sulfonamides is 1. The van der Waals surface area contributed by atoms with E-state index in [1.807, 2.05) is 36.4 Å². The molecule has 0 aliphatic heterocycles. The molecule has 2 aromatic rings. The van der Waals surface area contributed by atoms with E-state index in [4.69, 9.17) is 4.74 Å². The summed E-state index contributed by atoms with van der Waals surface area (Å²) < 4.78 is 33.7. The first-order chi connectivity index (χ1) is 13.5. The molecule has 5 nitrogen and oxygen atoms in total. The molecule has 6 heteroatoms. The van der Waals surface area contributed by atoms with E-state index >= 15 is 0 Å². The smallest absolute Gasteiger partial charge is 0.240 e. The van der Waals surface area contributed by atoms with Crippen molar-refractivity contribution in [1.82, 2.24) is 9.62 Å². The Morgan fingerprint density at radius 1 is 1.00 bits per heavy atom. The van der Waals surface area contributed by atoms with Gasteiger partial charge in [0.15, 0.2) is 0 Å². The highest BCUT2D eigenvalue weighted by atomic mass is 32.2. The SMILES string of the molecule is CCN(CC)CCOc1ccc(CNS(=O)(=O)c2ccc3c(c2)CCC3)cc1. The van der Waals surface area contributed by atoms with Gasteiger partial charge >= 0.3 is 0 Å². The molecule has 0 saturated heterocycles. The monoisotopic (exact) mass is 402 g/mol. The Labute approximate surface area is 168 Å². The third-order valence-electron chi connectivity index (χ3n) is 5.34. The van der Waals surface area contributed by atoms with Gasteiger partial charge in [0.05, 0.1) is 4.90 Å². The van der Waals surface area contributed by atoms with Crippen LogP contribution in [-0.4, -0.2) is 39.6 Å². The fourth-order valence-corrected chi connectivity index (χ4v) is 4.58. The molecule has 1 aliphatic carbocycles. The molecular weight excluding hydrogens is 372 g/mol. The molecule has 1 aliphatic rings. The molecular formula is C22H30N2O3S.